The zero-order valence-electron chi connectivity index (χ0n) is 14.7. The molecule has 0 atom stereocenters. The number of nitrogens with two attached hydrogens (primary N) is 1. The Bertz CT molecular complexity index is 795. The number of nitrogens with zero attached hydrogens (tertiary/aromatic N) is 1. The maximum Gasteiger partial charge on any atom is 0.255 e. The molecule has 1 saturated carbocycles. The zero-order valence-corrected chi connectivity index (χ0v) is 14.7. The highest BCUT2D eigenvalue weighted by Gasteiger charge is 2.31. The molecule has 0 spiro atoms. The third-order valence-corrected chi connectivity index (χ3v) is 5.25. The number of amides is 1. The Morgan fingerprint density at radius 1 is 1.12 bits per heavy atom. The lowest BCUT2D eigenvalue weighted by Gasteiger charge is -2.39. The van der Waals surface area contributed by atoms with Crippen LogP contribution in [0, 0.1) is 17.7 Å². The van der Waals surface area contributed by atoms with E-state index in [9.17, 15) is 9.18 Å². The van der Waals surface area contributed by atoms with Crippen molar-refractivity contribution < 1.29 is 9.18 Å². The molecular formula is C21H24FN3O. The van der Waals surface area contributed by atoms with Gasteiger partial charge in [-0.25, -0.2) is 4.39 Å². The molecule has 1 amide bonds. The second-order valence-corrected chi connectivity index (χ2v) is 7.61. The highest BCUT2D eigenvalue weighted by atomic mass is 19.1. The Labute approximate surface area is 153 Å². The van der Waals surface area contributed by atoms with Crippen molar-refractivity contribution in [2.75, 3.05) is 30.7 Å². The molecule has 0 unspecified atom stereocenters. The molecule has 4 rings (SSSR count). The molecule has 2 fully saturated rings. The molecule has 0 bridgehead atoms. The first-order valence-corrected chi connectivity index (χ1v) is 9.24. The van der Waals surface area contributed by atoms with Gasteiger partial charge in [0.1, 0.15) is 5.82 Å². The lowest BCUT2D eigenvalue weighted by Crippen LogP contribution is -2.48. The molecule has 2 aliphatic rings. The first-order chi connectivity index (χ1) is 12.6. The van der Waals surface area contributed by atoms with Crippen molar-refractivity contribution in [1.29, 1.82) is 0 Å². The van der Waals surface area contributed by atoms with Crippen LogP contribution in [0.3, 0.4) is 0 Å². The summed E-state index contributed by atoms with van der Waals surface area (Å²) in [5.74, 6) is 1.03. The number of nitrogen functional groups attached to an aromatic ring is 1. The SMILES string of the molecule is Nc1cc(F)ccc1NC(=O)c1ccc(CC2CN(CC3CC3)C2)cc1. The highest BCUT2D eigenvalue weighted by molar-refractivity contribution is 6.05. The largest absolute Gasteiger partial charge is 0.397 e. The highest BCUT2D eigenvalue weighted by Crippen LogP contribution is 2.32. The van der Waals surface area contributed by atoms with Gasteiger partial charge >= 0.3 is 0 Å². The summed E-state index contributed by atoms with van der Waals surface area (Å²) in [7, 11) is 0. The van der Waals surface area contributed by atoms with Crippen molar-refractivity contribution in [3.63, 3.8) is 0 Å². The molecule has 1 heterocycles. The molecule has 1 aliphatic carbocycles. The lowest BCUT2D eigenvalue weighted by atomic mass is 9.91. The predicted octanol–water partition coefficient (Wildman–Crippen LogP) is 3.54. The van der Waals surface area contributed by atoms with Crippen molar-refractivity contribution in [1.82, 2.24) is 4.90 Å². The Kier molecular flexibility index (Phi) is 4.64. The number of hydrogen-bond acceptors (Lipinski definition) is 3. The van der Waals surface area contributed by atoms with E-state index in [1.54, 1.807) is 0 Å². The van der Waals surface area contributed by atoms with E-state index in [1.165, 1.54) is 56.2 Å². The van der Waals surface area contributed by atoms with Gasteiger partial charge in [0.25, 0.3) is 5.91 Å². The van der Waals surface area contributed by atoms with Crippen molar-refractivity contribution in [3.05, 3.63) is 59.4 Å². The zero-order chi connectivity index (χ0) is 18.1. The molecular weight excluding hydrogens is 329 g/mol. The van der Waals surface area contributed by atoms with Crippen LogP contribution < -0.4 is 11.1 Å². The number of carbonyl (C=O) groups is 1. The summed E-state index contributed by atoms with van der Waals surface area (Å²) in [4.78, 5) is 14.9. The van der Waals surface area contributed by atoms with Crippen LogP contribution in [0.25, 0.3) is 0 Å². The van der Waals surface area contributed by atoms with Gasteiger partial charge in [-0.05, 0) is 67.0 Å². The fraction of sp³-hybridized carbons (Fsp3) is 0.381. The maximum atomic E-state index is 13.1. The number of likely N-dealkylation sites (tertiary alicyclic amines) is 1. The Hall–Kier alpha value is -2.40. The Morgan fingerprint density at radius 2 is 1.85 bits per heavy atom. The first-order valence-electron chi connectivity index (χ1n) is 9.24. The molecule has 3 N–H and O–H groups in total. The average Bonchev–Trinajstić information content (AvgIpc) is 3.40. The quantitative estimate of drug-likeness (QED) is 0.781. The summed E-state index contributed by atoms with van der Waals surface area (Å²) >= 11 is 0. The lowest BCUT2D eigenvalue weighted by molar-refractivity contribution is 0.0953. The van der Waals surface area contributed by atoms with E-state index in [0.29, 0.717) is 11.3 Å². The Morgan fingerprint density at radius 3 is 2.50 bits per heavy atom. The van der Waals surface area contributed by atoms with Gasteiger partial charge in [0.2, 0.25) is 0 Å². The third-order valence-electron chi connectivity index (χ3n) is 5.25. The van der Waals surface area contributed by atoms with Crippen molar-refractivity contribution in [2.45, 2.75) is 19.3 Å². The van der Waals surface area contributed by atoms with E-state index in [2.05, 4.69) is 10.2 Å². The van der Waals surface area contributed by atoms with E-state index in [-0.39, 0.29) is 11.6 Å². The van der Waals surface area contributed by atoms with E-state index in [1.807, 2.05) is 24.3 Å². The smallest absolute Gasteiger partial charge is 0.255 e. The van der Waals surface area contributed by atoms with E-state index < -0.39 is 5.82 Å². The summed E-state index contributed by atoms with van der Waals surface area (Å²) in [6.07, 6.45) is 3.89. The van der Waals surface area contributed by atoms with Gasteiger partial charge in [-0.2, -0.15) is 0 Å². The van der Waals surface area contributed by atoms with E-state index in [0.717, 1.165) is 18.3 Å². The minimum atomic E-state index is -0.420. The molecule has 136 valence electrons. The fourth-order valence-corrected chi connectivity index (χ4v) is 3.59. The monoisotopic (exact) mass is 353 g/mol. The van der Waals surface area contributed by atoms with Crippen LogP contribution in [0.2, 0.25) is 0 Å². The predicted molar refractivity (Wildman–Crippen MR) is 102 cm³/mol. The Balaban J connectivity index is 1.30. The summed E-state index contributed by atoms with van der Waals surface area (Å²) in [5.41, 5.74) is 8.21. The standard InChI is InChI=1S/C21H24FN3O/c22-18-7-8-20(19(23)10-18)24-21(26)17-5-3-14(4-6-17)9-16-12-25(13-16)11-15-1-2-15/h3-8,10,15-16H,1-2,9,11-13,23H2,(H,24,26). The molecule has 26 heavy (non-hydrogen) atoms. The summed E-state index contributed by atoms with van der Waals surface area (Å²) in [6, 6.07) is 11.7. The van der Waals surface area contributed by atoms with Gasteiger partial charge < -0.3 is 16.0 Å². The van der Waals surface area contributed by atoms with Gasteiger partial charge in [0.05, 0.1) is 11.4 Å². The van der Waals surface area contributed by atoms with Crippen LogP contribution in [0.1, 0.15) is 28.8 Å². The van der Waals surface area contributed by atoms with Crippen LogP contribution in [-0.2, 0) is 6.42 Å². The number of nitrogens with one attached hydrogen (secondary N) is 1. The fourth-order valence-electron chi connectivity index (χ4n) is 3.59. The van der Waals surface area contributed by atoms with Crippen molar-refractivity contribution in [3.8, 4) is 0 Å². The maximum absolute atomic E-state index is 13.1. The number of carbonyl (C=O) groups excluding carboxylic acids is 1. The number of halogens is 1. The summed E-state index contributed by atoms with van der Waals surface area (Å²) < 4.78 is 13.1. The van der Waals surface area contributed by atoms with Crippen molar-refractivity contribution >= 4 is 17.3 Å². The van der Waals surface area contributed by atoms with Crippen LogP contribution in [0.15, 0.2) is 42.5 Å². The second kappa shape index (κ2) is 7.08. The van der Waals surface area contributed by atoms with Gasteiger partial charge in [0.15, 0.2) is 0 Å². The normalized spacial score (nSPS) is 17.7. The van der Waals surface area contributed by atoms with Crippen molar-refractivity contribution in [2.24, 2.45) is 11.8 Å². The number of rotatable bonds is 6. The number of anilines is 2. The van der Waals surface area contributed by atoms with Crippen LogP contribution in [0.4, 0.5) is 15.8 Å². The average molecular weight is 353 g/mol. The molecule has 0 radical (unpaired) electrons. The number of hydrogen-bond donors (Lipinski definition) is 2. The second-order valence-electron chi connectivity index (χ2n) is 7.61. The van der Waals surface area contributed by atoms with Crippen LogP contribution >= 0.6 is 0 Å². The first kappa shape index (κ1) is 17.0. The molecule has 1 saturated heterocycles. The minimum Gasteiger partial charge on any atom is -0.397 e. The number of benzene rings is 2. The van der Waals surface area contributed by atoms with Crippen LogP contribution in [-0.4, -0.2) is 30.4 Å². The minimum absolute atomic E-state index is 0.218. The topological polar surface area (TPSA) is 58.4 Å². The molecule has 0 aromatic heterocycles. The molecule has 1 aliphatic heterocycles. The van der Waals surface area contributed by atoms with Gasteiger partial charge in [-0.3, -0.25) is 4.79 Å². The third kappa shape index (κ3) is 4.05. The van der Waals surface area contributed by atoms with Crippen LogP contribution in [0.5, 0.6) is 0 Å². The molecule has 5 heteroatoms. The molecule has 2 aromatic rings. The van der Waals surface area contributed by atoms with E-state index in [4.69, 9.17) is 5.73 Å². The van der Waals surface area contributed by atoms with Gasteiger partial charge in [-0.1, -0.05) is 12.1 Å². The molecule has 4 nitrogen and oxygen atoms in total. The molecule has 2 aromatic carbocycles. The van der Waals surface area contributed by atoms with Gasteiger partial charge in [-0.15, -0.1) is 0 Å². The van der Waals surface area contributed by atoms with Gasteiger partial charge in [0, 0.05) is 25.2 Å². The summed E-state index contributed by atoms with van der Waals surface area (Å²) in [6.45, 7) is 3.67. The van der Waals surface area contributed by atoms with E-state index >= 15 is 0 Å². The summed E-state index contributed by atoms with van der Waals surface area (Å²) in [5, 5.41) is 2.73.